The van der Waals surface area contributed by atoms with E-state index >= 15 is 0 Å². The monoisotopic (exact) mass is 355 g/mol. The van der Waals surface area contributed by atoms with Crippen LogP contribution < -0.4 is 9.80 Å². The summed E-state index contributed by atoms with van der Waals surface area (Å²) in [7, 11) is 0. The topological polar surface area (TPSA) is 65.7 Å². The number of piperazine rings is 1. The minimum Gasteiger partial charge on any atom is -0.459 e. The van der Waals surface area contributed by atoms with Gasteiger partial charge in [0.05, 0.1) is 6.26 Å². The average molecular weight is 355 g/mol. The Morgan fingerprint density at radius 3 is 2.15 bits per heavy atom. The molecule has 7 nitrogen and oxygen atoms in total. The standard InChI is InChI=1S/C19H25N5O2/c25-19(16-6-5-13-26-16)24-11-9-23(10-12-24)18-14-17(20-15-21-18)22-7-3-1-2-4-8-22/h5-6,13-15H,1-4,7-12H2. The molecule has 0 saturated carbocycles. The van der Waals surface area contributed by atoms with Crippen LogP contribution in [0.1, 0.15) is 36.2 Å². The van der Waals surface area contributed by atoms with Crippen molar-refractivity contribution in [2.45, 2.75) is 25.7 Å². The van der Waals surface area contributed by atoms with E-state index in [0.29, 0.717) is 18.8 Å². The van der Waals surface area contributed by atoms with Crippen molar-refractivity contribution in [3.63, 3.8) is 0 Å². The van der Waals surface area contributed by atoms with Crippen molar-refractivity contribution in [1.82, 2.24) is 14.9 Å². The first-order valence-electron chi connectivity index (χ1n) is 9.46. The summed E-state index contributed by atoms with van der Waals surface area (Å²) in [4.78, 5) is 27.8. The van der Waals surface area contributed by atoms with Crippen LogP contribution in [-0.4, -0.2) is 60.0 Å². The van der Waals surface area contributed by atoms with Crippen LogP contribution in [0.15, 0.2) is 35.2 Å². The van der Waals surface area contributed by atoms with Gasteiger partial charge in [-0.3, -0.25) is 4.79 Å². The van der Waals surface area contributed by atoms with Gasteiger partial charge in [-0.15, -0.1) is 0 Å². The fourth-order valence-corrected chi connectivity index (χ4v) is 3.68. The number of carbonyl (C=O) groups is 1. The lowest BCUT2D eigenvalue weighted by molar-refractivity contribution is 0.0714. The highest BCUT2D eigenvalue weighted by atomic mass is 16.3. The van der Waals surface area contributed by atoms with Crippen molar-refractivity contribution >= 4 is 17.5 Å². The van der Waals surface area contributed by atoms with E-state index in [1.807, 2.05) is 4.90 Å². The lowest BCUT2D eigenvalue weighted by Crippen LogP contribution is -2.49. The number of carbonyl (C=O) groups excluding carboxylic acids is 1. The first kappa shape index (κ1) is 16.9. The second kappa shape index (κ2) is 7.76. The Morgan fingerprint density at radius 1 is 0.885 bits per heavy atom. The highest BCUT2D eigenvalue weighted by Crippen LogP contribution is 2.22. The minimum atomic E-state index is -0.0393. The number of anilines is 2. The van der Waals surface area contributed by atoms with Gasteiger partial charge in [0, 0.05) is 45.3 Å². The third-order valence-corrected chi connectivity index (χ3v) is 5.19. The van der Waals surface area contributed by atoms with Crippen LogP contribution in [0.5, 0.6) is 0 Å². The van der Waals surface area contributed by atoms with E-state index in [1.165, 1.54) is 31.9 Å². The number of hydrogen-bond donors (Lipinski definition) is 0. The third-order valence-electron chi connectivity index (χ3n) is 5.19. The number of furan rings is 1. The quantitative estimate of drug-likeness (QED) is 0.842. The summed E-state index contributed by atoms with van der Waals surface area (Å²) in [6.45, 7) is 5.01. The van der Waals surface area contributed by atoms with E-state index in [4.69, 9.17) is 4.42 Å². The molecule has 2 aromatic rings. The molecule has 0 radical (unpaired) electrons. The van der Waals surface area contributed by atoms with Gasteiger partial charge in [0.2, 0.25) is 0 Å². The number of amides is 1. The van der Waals surface area contributed by atoms with Gasteiger partial charge >= 0.3 is 0 Å². The molecule has 0 atom stereocenters. The van der Waals surface area contributed by atoms with E-state index in [9.17, 15) is 4.79 Å². The van der Waals surface area contributed by atoms with Crippen LogP contribution in [-0.2, 0) is 0 Å². The lowest BCUT2D eigenvalue weighted by Gasteiger charge is -2.35. The van der Waals surface area contributed by atoms with Gasteiger partial charge < -0.3 is 19.1 Å². The molecule has 0 N–H and O–H groups in total. The maximum atomic E-state index is 12.4. The number of rotatable bonds is 3. The van der Waals surface area contributed by atoms with E-state index in [2.05, 4.69) is 25.8 Å². The molecule has 138 valence electrons. The lowest BCUT2D eigenvalue weighted by atomic mass is 10.2. The van der Waals surface area contributed by atoms with Crippen molar-refractivity contribution in [2.75, 3.05) is 49.1 Å². The Bertz CT molecular complexity index is 717. The second-order valence-corrected chi connectivity index (χ2v) is 6.89. The van der Waals surface area contributed by atoms with Gasteiger partial charge in [-0.2, -0.15) is 0 Å². The molecule has 0 unspecified atom stereocenters. The molecule has 26 heavy (non-hydrogen) atoms. The summed E-state index contributed by atoms with van der Waals surface area (Å²) < 4.78 is 5.22. The van der Waals surface area contributed by atoms with Gasteiger partial charge in [-0.05, 0) is 25.0 Å². The highest BCUT2D eigenvalue weighted by molar-refractivity contribution is 5.91. The van der Waals surface area contributed by atoms with Crippen molar-refractivity contribution in [1.29, 1.82) is 0 Å². The van der Waals surface area contributed by atoms with E-state index < -0.39 is 0 Å². The van der Waals surface area contributed by atoms with Crippen LogP contribution in [0.25, 0.3) is 0 Å². The summed E-state index contributed by atoms with van der Waals surface area (Å²) in [6, 6.07) is 5.55. The zero-order valence-electron chi connectivity index (χ0n) is 15.0. The molecule has 2 aliphatic heterocycles. The zero-order valence-corrected chi connectivity index (χ0v) is 15.0. The normalized spacial score (nSPS) is 18.7. The largest absolute Gasteiger partial charge is 0.459 e. The molecule has 0 bridgehead atoms. The molecule has 2 fully saturated rings. The molecule has 0 aliphatic carbocycles. The van der Waals surface area contributed by atoms with Crippen LogP contribution in [0, 0.1) is 0 Å². The van der Waals surface area contributed by atoms with E-state index in [0.717, 1.165) is 37.8 Å². The van der Waals surface area contributed by atoms with Crippen molar-refractivity contribution < 1.29 is 9.21 Å². The van der Waals surface area contributed by atoms with Gasteiger partial charge in [0.25, 0.3) is 5.91 Å². The number of nitrogens with zero attached hydrogens (tertiary/aromatic N) is 5. The number of hydrogen-bond acceptors (Lipinski definition) is 6. The molecule has 7 heteroatoms. The summed E-state index contributed by atoms with van der Waals surface area (Å²) in [5.41, 5.74) is 0. The summed E-state index contributed by atoms with van der Waals surface area (Å²) in [6.07, 6.45) is 8.27. The fourth-order valence-electron chi connectivity index (χ4n) is 3.68. The molecule has 4 rings (SSSR count). The summed E-state index contributed by atoms with van der Waals surface area (Å²) in [5.74, 6) is 2.34. The Kier molecular flexibility index (Phi) is 5.04. The highest BCUT2D eigenvalue weighted by Gasteiger charge is 2.24. The third kappa shape index (κ3) is 3.66. The molecule has 2 saturated heterocycles. The van der Waals surface area contributed by atoms with Gasteiger partial charge in [0.15, 0.2) is 5.76 Å². The number of aromatic nitrogens is 2. The second-order valence-electron chi connectivity index (χ2n) is 6.89. The smallest absolute Gasteiger partial charge is 0.289 e. The van der Waals surface area contributed by atoms with Gasteiger partial charge in [-0.1, -0.05) is 12.8 Å². The maximum absolute atomic E-state index is 12.4. The SMILES string of the molecule is O=C(c1ccco1)N1CCN(c2cc(N3CCCCCC3)ncn2)CC1. The Balaban J connectivity index is 1.40. The predicted octanol–water partition coefficient (Wildman–Crippen LogP) is 2.41. The molecule has 0 aromatic carbocycles. The zero-order chi connectivity index (χ0) is 17.8. The van der Waals surface area contributed by atoms with Crippen molar-refractivity contribution in [2.24, 2.45) is 0 Å². The van der Waals surface area contributed by atoms with Gasteiger partial charge in [-0.25, -0.2) is 9.97 Å². The van der Waals surface area contributed by atoms with Crippen LogP contribution >= 0.6 is 0 Å². The molecule has 2 aliphatic rings. The minimum absolute atomic E-state index is 0.0393. The Labute approximate surface area is 153 Å². The van der Waals surface area contributed by atoms with Crippen LogP contribution in [0.2, 0.25) is 0 Å². The van der Waals surface area contributed by atoms with E-state index in [-0.39, 0.29) is 5.91 Å². The van der Waals surface area contributed by atoms with Crippen LogP contribution in [0.4, 0.5) is 11.6 Å². The van der Waals surface area contributed by atoms with E-state index in [1.54, 1.807) is 18.5 Å². The fraction of sp³-hybridized carbons (Fsp3) is 0.526. The first-order valence-corrected chi connectivity index (χ1v) is 9.46. The molecule has 2 aromatic heterocycles. The Hall–Kier alpha value is -2.57. The summed E-state index contributed by atoms with van der Waals surface area (Å²) >= 11 is 0. The Morgan fingerprint density at radius 2 is 1.54 bits per heavy atom. The first-order chi connectivity index (χ1) is 12.8. The average Bonchev–Trinajstić information content (AvgIpc) is 3.10. The van der Waals surface area contributed by atoms with Crippen molar-refractivity contribution in [3.05, 3.63) is 36.5 Å². The molecule has 4 heterocycles. The molecule has 1 amide bonds. The molecule has 0 spiro atoms. The predicted molar refractivity (Wildman–Crippen MR) is 99.5 cm³/mol. The maximum Gasteiger partial charge on any atom is 0.289 e. The molecular formula is C19H25N5O2. The molecular weight excluding hydrogens is 330 g/mol. The summed E-state index contributed by atoms with van der Waals surface area (Å²) in [5, 5.41) is 0. The van der Waals surface area contributed by atoms with Gasteiger partial charge in [0.1, 0.15) is 18.0 Å². The van der Waals surface area contributed by atoms with Crippen molar-refractivity contribution in [3.8, 4) is 0 Å². The van der Waals surface area contributed by atoms with Crippen LogP contribution in [0.3, 0.4) is 0 Å².